The van der Waals surface area contributed by atoms with Crippen LogP contribution in [0.2, 0.25) is 0 Å². The van der Waals surface area contributed by atoms with Crippen LogP contribution < -0.4 is 0 Å². The molecule has 0 saturated heterocycles. The van der Waals surface area contributed by atoms with Crippen molar-refractivity contribution < 1.29 is 19.4 Å². The molecule has 1 aliphatic rings. The van der Waals surface area contributed by atoms with Crippen LogP contribution >= 0.6 is 0 Å². The number of carbonyl (C=O) groups excluding carboxylic acids is 1. The van der Waals surface area contributed by atoms with E-state index in [1.807, 2.05) is 20.8 Å². The molecule has 1 aliphatic carbocycles. The second-order valence-electron chi connectivity index (χ2n) is 4.93. The SMILES string of the molecule is COC(=O)C1C(C)CC(C(=O)O)C1(C)C. The molecule has 0 bridgehead atoms. The summed E-state index contributed by atoms with van der Waals surface area (Å²) in [6.07, 6.45) is 0.544. The number of esters is 1. The Labute approximate surface area is 89.6 Å². The molecule has 0 amide bonds. The molecule has 1 N–H and O–H groups in total. The van der Waals surface area contributed by atoms with Crippen molar-refractivity contribution in [2.24, 2.45) is 23.2 Å². The number of methoxy groups -OCH3 is 1. The second-order valence-corrected chi connectivity index (χ2v) is 4.93. The van der Waals surface area contributed by atoms with Gasteiger partial charge < -0.3 is 9.84 Å². The maximum atomic E-state index is 11.6. The fraction of sp³-hybridized carbons (Fsp3) is 0.818. The molecule has 4 nitrogen and oxygen atoms in total. The van der Waals surface area contributed by atoms with E-state index in [9.17, 15) is 9.59 Å². The second kappa shape index (κ2) is 3.83. The van der Waals surface area contributed by atoms with Crippen molar-refractivity contribution in [3.05, 3.63) is 0 Å². The third kappa shape index (κ3) is 1.85. The molecule has 3 atom stereocenters. The number of ether oxygens (including phenoxy) is 1. The molecule has 86 valence electrons. The minimum Gasteiger partial charge on any atom is -0.481 e. The number of aliphatic carboxylic acids is 1. The number of hydrogen-bond acceptors (Lipinski definition) is 3. The Morgan fingerprint density at radius 1 is 1.40 bits per heavy atom. The smallest absolute Gasteiger partial charge is 0.309 e. The molecule has 1 fully saturated rings. The van der Waals surface area contributed by atoms with Crippen LogP contribution in [0.1, 0.15) is 27.2 Å². The Hall–Kier alpha value is -1.06. The van der Waals surface area contributed by atoms with Gasteiger partial charge in [-0.25, -0.2) is 0 Å². The highest BCUT2D eigenvalue weighted by Crippen LogP contribution is 2.51. The monoisotopic (exact) mass is 214 g/mol. The van der Waals surface area contributed by atoms with Gasteiger partial charge in [0.2, 0.25) is 0 Å². The van der Waals surface area contributed by atoms with E-state index in [-0.39, 0.29) is 17.8 Å². The summed E-state index contributed by atoms with van der Waals surface area (Å²) in [7, 11) is 1.35. The predicted octanol–water partition coefficient (Wildman–Crippen LogP) is 1.54. The van der Waals surface area contributed by atoms with Crippen molar-refractivity contribution in [3.8, 4) is 0 Å². The average Bonchev–Trinajstić information content (AvgIpc) is 2.35. The molecule has 0 radical (unpaired) electrons. The van der Waals surface area contributed by atoms with Gasteiger partial charge in [-0.05, 0) is 17.8 Å². The lowest BCUT2D eigenvalue weighted by Gasteiger charge is -2.29. The molecule has 1 rings (SSSR count). The third-order valence-corrected chi connectivity index (χ3v) is 3.63. The van der Waals surface area contributed by atoms with Crippen molar-refractivity contribution in [2.45, 2.75) is 27.2 Å². The molecular formula is C11H18O4. The molecule has 0 aromatic carbocycles. The highest BCUT2D eigenvalue weighted by molar-refractivity contribution is 5.78. The molecule has 0 heterocycles. The van der Waals surface area contributed by atoms with Gasteiger partial charge in [-0.15, -0.1) is 0 Å². The zero-order valence-corrected chi connectivity index (χ0v) is 9.61. The molecule has 1 saturated carbocycles. The lowest BCUT2D eigenvalue weighted by Crippen LogP contribution is -2.36. The van der Waals surface area contributed by atoms with Gasteiger partial charge in [0, 0.05) is 0 Å². The number of carboxylic acid groups (broad SMARTS) is 1. The Balaban J connectivity index is 3.00. The lowest BCUT2D eigenvalue weighted by atomic mass is 9.74. The summed E-state index contributed by atoms with van der Waals surface area (Å²) in [5.74, 6) is -1.83. The minimum atomic E-state index is -0.821. The third-order valence-electron chi connectivity index (χ3n) is 3.63. The van der Waals surface area contributed by atoms with Crippen molar-refractivity contribution in [1.82, 2.24) is 0 Å². The van der Waals surface area contributed by atoms with Crippen LogP contribution in [0.15, 0.2) is 0 Å². The Kier molecular flexibility index (Phi) is 3.07. The van der Waals surface area contributed by atoms with Crippen molar-refractivity contribution in [2.75, 3.05) is 7.11 Å². The van der Waals surface area contributed by atoms with Crippen LogP contribution in [-0.2, 0) is 14.3 Å². The average molecular weight is 214 g/mol. The molecule has 3 unspecified atom stereocenters. The number of rotatable bonds is 2. The largest absolute Gasteiger partial charge is 0.481 e. The highest BCUT2D eigenvalue weighted by Gasteiger charge is 2.54. The number of hydrogen-bond donors (Lipinski definition) is 1. The van der Waals surface area contributed by atoms with E-state index >= 15 is 0 Å². The van der Waals surface area contributed by atoms with Gasteiger partial charge in [0.1, 0.15) is 0 Å². The molecule has 0 aromatic heterocycles. The number of carboxylic acids is 1. The first-order chi connectivity index (χ1) is 6.82. The van der Waals surface area contributed by atoms with Gasteiger partial charge in [-0.1, -0.05) is 20.8 Å². The van der Waals surface area contributed by atoms with E-state index < -0.39 is 17.3 Å². The Bertz CT molecular complexity index is 282. The molecular weight excluding hydrogens is 196 g/mol. The Morgan fingerprint density at radius 2 is 1.93 bits per heavy atom. The fourth-order valence-corrected chi connectivity index (χ4v) is 2.84. The molecule has 0 spiro atoms. The summed E-state index contributed by atoms with van der Waals surface area (Å²) in [4.78, 5) is 22.7. The Morgan fingerprint density at radius 3 is 2.27 bits per heavy atom. The van der Waals surface area contributed by atoms with E-state index in [1.54, 1.807) is 0 Å². The van der Waals surface area contributed by atoms with Gasteiger partial charge in [-0.2, -0.15) is 0 Å². The van der Waals surface area contributed by atoms with E-state index in [4.69, 9.17) is 9.84 Å². The van der Waals surface area contributed by atoms with Gasteiger partial charge in [0.25, 0.3) is 0 Å². The van der Waals surface area contributed by atoms with Gasteiger partial charge in [0.05, 0.1) is 18.9 Å². The van der Waals surface area contributed by atoms with Crippen LogP contribution in [0.4, 0.5) is 0 Å². The first-order valence-corrected chi connectivity index (χ1v) is 5.13. The maximum Gasteiger partial charge on any atom is 0.309 e. The van der Waals surface area contributed by atoms with Crippen LogP contribution in [0.3, 0.4) is 0 Å². The zero-order valence-electron chi connectivity index (χ0n) is 9.61. The summed E-state index contributed by atoms with van der Waals surface area (Å²) < 4.78 is 4.74. The van der Waals surface area contributed by atoms with Crippen LogP contribution in [0, 0.1) is 23.2 Å². The summed E-state index contributed by atoms with van der Waals surface area (Å²) >= 11 is 0. The fourth-order valence-electron chi connectivity index (χ4n) is 2.84. The first-order valence-electron chi connectivity index (χ1n) is 5.13. The van der Waals surface area contributed by atoms with Gasteiger partial charge >= 0.3 is 11.9 Å². The normalized spacial score (nSPS) is 33.7. The quantitative estimate of drug-likeness (QED) is 0.708. The van der Waals surface area contributed by atoms with E-state index in [0.717, 1.165) is 0 Å². The predicted molar refractivity (Wildman–Crippen MR) is 54.2 cm³/mol. The van der Waals surface area contributed by atoms with Crippen LogP contribution in [0.5, 0.6) is 0 Å². The topological polar surface area (TPSA) is 63.6 Å². The van der Waals surface area contributed by atoms with E-state index in [1.165, 1.54) is 7.11 Å². The zero-order chi connectivity index (χ0) is 11.8. The maximum absolute atomic E-state index is 11.6. The molecule has 0 aromatic rings. The highest BCUT2D eigenvalue weighted by atomic mass is 16.5. The minimum absolute atomic E-state index is 0.0635. The van der Waals surface area contributed by atoms with E-state index in [2.05, 4.69) is 0 Å². The standard InChI is InChI=1S/C11H18O4/c1-6-5-7(9(12)13)11(2,3)8(6)10(14)15-4/h6-8H,5H2,1-4H3,(H,12,13). The summed E-state index contributed by atoms with van der Waals surface area (Å²) in [6, 6.07) is 0. The van der Waals surface area contributed by atoms with Crippen molar-refractivity contribution in [3.63, 3.8) is 0 Å². The van der Waals surface area contributed by atoms with Crippen molar-refractivity contribution in [1.29, 1.82) is 0 Å². The van der Waals surface area contributed by atoms with Crippen molar-refractivity contribution >= 4 is 11.9 Å². The van der Waals surface area contributed by atoms with Gasteiger partial charge in [-0.3, -0.25) is 9.59 Å². The van der Waals surface area contributed by atoms with Gasteiger partial charge in [0.15, 0.2) is 0 Å². The molecule has 4 heteroatoms. The summed E-state index contributed by atoms with van der Waals surface area (Å²) in [5, 5.41) is 9.09. The molecule has 0 aliphatic heterocycles. The lowest BCUT2D eigenvalue weighted by molar-refractivity contribution is -0.153. The van der Waals surface area contributed by atoms with Crippen LogP contribution in [-0.4, -0.2) is 24.2 Å². The molecule has 15 heavy (non-hydrogen) atoms. The van der Waals surface area contributed by atoms with E-state index in [0.29, 0.717) is 6.42 Å². The number of carbonyl (C=O) groups is 2. The first kappa shape index (κ1) is 12.0. The summed E-state index contributed by atoms with van der Waals surface area (Å²) in [5.41, 5.74) is -0.529. The van der Waals surface area contributed by atoms with Crippen LogP contribution in [0.25, 0.3) is 0 Å². The summed E-state index contributed by atoms with van der Waals surface area (Å²) in [6.45, 7) is 5.57.